The van der Waals surface area contributed by atoms with E-state index in [0.717, 1.165) is 29.7 Å². The van der Waals surface area contributed by atoms with Crippen LogP contribution in [0.1, 0.15) is 44.7 Å². The van der Waals surface area contributed by atoms with Crippen LogP contribution in [0.2, 0.25) is 5.02 Å². The van der Waals surface area contributed by atoms with Gasteiger partial charge < -0.3 is 19.2 Å². The Morgan fingerprint density at radius 1 is 1.09 bits per heavy atom. The number of oxime groups is 1. The van der Waals surface area contributed by atoms with E-state index in [-0.39, 0.29) is 6.09 Å². The monoisotopic (exact) mass is 458 g/mol. The van der Waals surface area contributed by atoms with Crippen molar-refractivity contribution in [2.45, 2.75) is 39.2 Å². The molecule has 32 heavy (non-hydrogen) atoms. The number of ether oxygens (including phenoxy) is 2. The molecular weight excluding hydrogens is 428 g/mol. The quantitative estimate of drug-likeness (QED) is 0.407. The lowest BCUT2D eigenvalue weighted by Crippen LogP contribution is -2.42. The van der Waals surface area contributed by atoms with Crippen LogP contribution in [0.15, 0.2) is 53.7 Å². The molecule has 1 aliphatic rings. The van der Waals surface area contributed by atoms with Crippen molar-refractivity contribution in [3.05, 3.63) is 64.7 Å². The normalized spacial score (nSPS) is 15.4. The average molecular weight is 459 g/mol. The predicted octanol–water partition coefficient (Wildman–Crippen LogP) is 5.76. The first-order valence-electron chi connectivity index (χ1n) is 10.8. The zero-order valence-electron chi connectivity index (χ0n) is 19.1. The zero-order valence-corrected chi connectivity index (χ0v) is 19.9. The van der Waals surface area contributed by atoms with Crippen LogP contribution >= 0.6 is 11.6 Å². The molecule has 0 spiro atoms. The van der Waals surface area contributed by atoms with Gasteiger partial charge in [-0.05, 0) is 63.8 Å². The third-order valence-corrected chi connectivity index (χ3v) is 5.41. The van der Waals surface area contributed by atoms with Gasteiger partial charge in [0.1, 0.15) is 24.2 Å². The molecule has 1 heterocycles. The standard InChI is InChI=1S/C25H31ClN2O4/c1-25(2,3)32-24(29)28-14-12-18(13-15-28)17-31-22-7-5-6-20(16-22)23(27-30-4)19-8-10-21(26)11-9-19/h5-11,16,18H,12-15,17H2,1-4H3. The van der Waals surface area contributed by atoms with Gasteiger partial charge in [0, 0.05) is 29.2 Å². The number of piperidine rings is 1. The summed E-state index contributed by atoms with van der Waals surface area (Å²) in [5.74, 6) is 1.16. The molecule has 6 nitrogen and oxygen atoms in total. The van der Waals surface area contributed by atoms with Gasteiger partial charge in [-0.1, -0.05) is 41.0 Å². The maximum Gasteiger partial charge on any atom is 0.410 e. The minimum atomic E-state index is -0.473. The predicted molar refractivity (Wildman–Crippen MR) is 127 cm³/mol. The summed E-state index contributed by atoms with van der Waals surface area (Å²) in [6.45, 7) is 7.62. The lowest BCUT2D eigenvalue weighted by atomic mass is 9.98. The third kappa shape index (κ3) is 6.89. The molecule has 1 fully saturated rings. The smallest absolute Gasteiger partial charge is 0.410 e. The molecular formula is C25H31ClN2O4. The fourth-order valence-electron chi connectivity index (χ4n) is 3.53. The molecule has 1 aliphatic heterocycles. The van der Waals surface area contributed by atoms with Crippen molar-refractivity contribution < 1.29 is 19.1 Å². The van der Waals surface area contributed by atoms with Gasteiger partial charge in [-0.25, -0.2) is 4.79 Å². The first-order chi connectivity index (χ1) is 15.2. The van der Waals surface area contributed by atoms with Gasteiger partial charge in [0.2, 0.25) is 0 Å². The molecule has 0 N–H and O–H groups in total. The van der Waals surface area contributed by atoms with Crippen molar-refractivity contribution in [2.75, 3.05) is 26.8 Å². The van der Waals surface area contributed by atoms with Crippen LogP contribution in [-0.4, -0.2) is 49.1 Å². The molecule has 1 amide bonds. The summed E-state index contributed by atoms with van der Waals surface area (Å²) in [6.07, 6.45) is 1.54. The Balaban J connectivity index is 1.58. The van der Waals surface area contributed by atoms with Crippen molar-refractivity contribution in [2.24, 2.45) is 11.1 Å². The van der Waals surface area contributed by atoms with Crippen molar-refractivity contribution >= 4 is 23.4 Å². The lowest BCUT2D eigenvalue weighted by Gasteiger charge is -2.33. The lowest BCUT2D eigenvalue weighted by molar-refractivity contribution is 0.0165. The second-order valence-electron chi connectivity index (χ2n) is 8.88. The van der Waals surface area contributed by atoms with Crippen molar-refractivity contribution in [1.82, 2.24) is 4.90 Å². The SMILES string of the molecule is CON=C(c1ccc(Cl)cc1)c1cccc(OCC2CCN(C(=O)OC(C)(C)C)CC2)c1. The van der Waals surface area contributed by atoms with Gasteiger partial charge >= 0.3 is 6.09 Å². The van der Waals surface area contributed by atoms with E-state index in [4.69, 9.17) is 25.9 Å². The van der Waals surface area contributed by atoms with E-state index in [1.165, 1.54) is 7.11 Å². The summed E-state index contributed by atoms with van der Waals surface area (Å²) in [6, 6.07) is 15.3. The molecule has 172 valence electrons. The summed E-state index contributed by atoms with van der Waals surface area (Å²) in [5.41, 5.74) is 2.04. The number of carbonyl (C=O) groups excluding carboxylic acids is 1. The summed E-state index contributed by atoms with van der Waals surface area (Å²) >= 11 is 6.01. The molecule has 0 saturated carbocycles. The molecule has 0 bridgehead atoms. The summed E-state index contributed by atoms with van der Waals surface area (Å²) in [4.78, 5) is 19.1. The van der Waals surface area contributed by atoms with E-state index in [9.17, 15) is 4.79 Å². The second kappa shape index (κ2) is 10.7. The van der Waals surface area contributed by atoms with Crippen LogP contribution < -0.4 is 4.74 Å². The first-order valence-corrected chi connectivity index (χ1v) is 11.2. The molecule has 0 unspecified atom stereocenters. The fourth-order valence-corrected chi connectivity index (χ4v) is 3.65. The Morgan fingerprint density at radius 3 is 2.41 bits per heavy atom. The number of hydrogen-bond acceptors (Lipinski definition) is 5. The van der Waals surface area contributed by atoms with Gasteiger partial charge in [0.05, 0.1) is 6.61 Å². The second-order valence-corrected chi connectivity index (χ2v) is 9.32. The highest BCUT2D eigenvalue weighted by atomic mass is 35.5. The number of hydrogen-bond donors (Lipinski definition) is 0. The van der Waals surface area contributed by atoms with Crippen LogP contribution in [0.3, 0.4) is 0 Å². The number of likely N-dealkylation sites (tertiary alicyclic amines) is 1. The Morgan fingerprint density at radius 2 is 1.78 bits per heavy atom. The highest BCUT2D eigenvalue weighted by molar-refractivity contribution is 6.30. The summed E-state index contributed by atoms with van der Waals surface area (Å²) in [7, 11) is 1.53. The first kappa shape index (κ1) is 23.9. The number of nitrogens with zero attached hydrogens (tertiary/aromatic N) is 2. The molecule has 0 aliphatic carbocycles. The van der Waals surface area contributed by atoms with E-state index in [0.29, 0.717) is 36.3 Å². The van der Waals surface area contributed by atoms with Gasteiger partial charge in [0.25, 0.3) is 0 Å². The fraction of sp³-hybridized carbons (Fsp3) is 0.440. The maximum atomic E-state index is 12.2. The minimum Gasteiger partial charge on any atom is -0.493 e. The van der Waals surface area contributed by atoms with E-state index < -0.39 is 5.60 Å². The largest absolute Gasteiger partial charge is 0.493 e. The third-order valence-electron chi connectivity index (χ3n) is 5.16. The summed E-state index contributed by atoms with van der Waals surface area (Å²) in [5, 5.41) is 4.87. The molecule has 3 rings (SSSR count). The highest BCUT2D eigenvalue weighted by Gasteiger charge is 2.27. The van der Waals surface area contributed by atoms with Crippen LogP contribution in [0.4, 0.5) is 4.79 Å². The van der Waals surface area contributed by atoms with Gasteiger partial charge in [-0.2, -0.15) is 0 Å². The maximum absolute atomic E-state index is 12.2. The molecule has 0 atom stereocenters. The molecule has 1 saturated heterocycles. The van der Waals surface area contributed by atoms with Gasteiger partial charge in [0.15, 0.2) is 0 Å². The highest BCUT2D eigenvalue weighted by Crippen LogP contribution is 2.23. The number of halogens is 1. The van der Waals surface area contributed by atoms with E-state index in [1.807, 2.05) is 69.3 Å². The average Bonchev–Trinajstić information content (AvgIpc) is 2.76. The van der Waals surface area contributed by atoms with Crippen molar-refractivity contribution in [1.29, 1.82) is 0 Å². The van der Waals surface area contributed by atoms with Crippen molar-refractivity contribution in [3.63, 3.8) is 0 Å². The van der Waals surface area contributed by atoms with E-state index in [1.54, 1.807) is 4.90 Å². The van der Waals surface area contributed by atoms with E-state index >= 15 is 0 Å². The molecule has 0 radical (unpaired) electrons. The Hall–Kier alpha value is -2.73. The molecule has 7 heteroatoms. The molecule has 2 aromatic carbocycles. The Bertz CT molecular complexity index is 930. The van der Waals surface area contributed by atoms with E-state index in [2.05, 4.69) is 5.16 Å². The van der Waals surface area contributed by atoms with Crippen LogP contribution in [0.5, 0.6) is 5.75 Å². The number of rotatable bonds is 6. The van der Waals surface area contributed by atoms with Crippen LogP contribution in [0, 0.1) is 5.92 Å². The molecule has 2 aromatic rings. The number of carbonyl (C=O) groups is 1. The van der Waals surface area contributed by atoms with Gasteiger partial charge in [-0.15, -0.1) is 0 Å². The Labute approximate surface area is 195 Å². The number of amides is 1. The Kier molecular flexibility index (Phi) is 8.02. The van der Waals surface area contributed by atoms with Crippen LogP contribution in [-0.2, 0) is 9.57 Å². The van der Waals surface area contributed by atoms with Crippen molar-refractivity contribution in [3.8, 4) is 5.75 Å². The summed E-state index contributed by atoms with van der Waals surface area (Å²) < 4.78 is 11.6. The van der Waals surface area contributed by atoms with Crippen LogP contribution in [0.25, 0.3) is 0 Å². The topological polar surface area (TPSA) is 60.4 Å². The number of benzene rings is 2. The molecule has 0 aromatic heterocycles. The minimum absolute atomic E-state index is 0.239. The van der Waals surface area contributed by atoms with Gasteiger partial charge in [-0.3, -0.25) is 0 Å². The zero-order chi connectivity index (χ0) is 23.1.